The van der Waals surface area contributed by atoms with Crippen LogP contribution in [0.5, 0.6) is 0 Å². The van der Waals surface area contributed by atoms with Crippen molar-refractivity contribution >= 4 is 17.4 Å². The average molecular weight is 389 g/mol. The van der Waals surface area contributed by atoms with E-state index in [0.717, 1.165) is 0 Å². The number of aliphatic hydroxyl groups excluding tert-OH is 1. The summed E-state index contributed by atoms with van der Waals surface area (Å²) in [5.41, 5.74) is 0.0159. The van der Waals surface area contributed by atoms with Gasteiger partial charge in [-0.3, -0.25) is 19.7 Å². The van der Waals surface area contributed by atoms with Crippen molar-refractivity contribution in [2.75, 3.05) is 27.2 Å². The van der Waals surface area contributed by atoms with Gasteiger partial charge in [0.15, 0.2) is 11.5 Å². The Labute approximate surface area is 164 Å². The Hall–Kier alpha value is -2.74. The van der Waals surface area contributed by atoms with Crippen LogP contribution < -0.4 is 0 Å². The number of aliphatic hydroxyl groups is 1. The van der Waals surface area contributed by atoms with Crippen molar-refractivity contribution in [1.29, 1.82) is 0 Å². The normalized spacial score (nSPS) is 17.1. The predicted octanol–water partition coefficient (Wildman–Crippen LogP) is 2.86. The molecule has 0 aromatic heterocycles. The first-order valence-electron chi connectivity index (χ1n) is 9.30. The number of hydrogen-bond acceptors (Lipinski definition) is 6. The van der Waals surface area contributed by atoms with E-state index >= 15 is 0 Å². The number of nitro groups is 1. The van der Waals surface area contributed by atoms with Crippen molar-refractivity contribution < 1.29 is 19.6 Å². The van der Waals surface area contributed by atoms with Crippen LogP contribution in [0.3, 0.4) is 0 Å². The maximum absolute atomic E-state index is 12.8. The molecule has 1 aliphatic rings. The number of para-hydroxylation sites is 1. The number of hydrogen-bond donors (Lipinski definition) is 1. The molecule has 1 aromatic rings. The van der Waals surface area contributed by atoms with Crippen molar-refractivity contribution in [3.63, 3.8) is 0 Å². The van der Waals surface area contributed by atoms with E-state index in [-0.39, 0.29) is 41.5 Å². The maximum Gasteiger partial charge on any atom is 0.290 e. The lowest BCUT2D eigenvalue weighted by Gasteiger charge is -2.27. The highest BCUT2D eigenvalue weighted by Gasteiger charge is 2.45. The molecule has 8 nitrogen and oxygen atoms in total. The van der Waals surface area contributed by atoms with Crippen molar-refractivity contribution in [2.24, 2.45) is 5.92 Å². The van der Waals surface area contributed by atoms with Crippen LogP contribution in [0.4, 0.5) is 5.69 Å². The second-order valence-corrected chi connectivity index (χ2v) is 7.66. The molecule has 1 heterocycles. The van der Waals surface area contributed by atoms with Crippen LogP contribution in [0.1, 0.15) is 38.3 Å². The quantitative estimate of drug-likeness (QED) is 0.514. The molecular weight excluding hydrogens is 362 g/mol. The molecule has 1 aliphatic heterocycles. The Kier molecular flexibility index (Phi) is 6.90. The summed E-state index contributed by atoms with van der Waals surface area (Å²) < 4.78 is 0. The van der Waals surface area contributed by atoms with E-state index in [1.807, 2.05) is 32.8 Å². The third kappa shape index (κ3) is 4.56. The molecule has 1 amide bonds. The van der Waals surface area contributed by atoms with Crippen LogP contribution >= 0.6 is 0 Å². The first-order valence-corrected chi connectivity index (χ1v) is 9.30. The van der Waals surface area contributed by atoms with E-state index in [9.17, 15) is 24.8 Å². The summed E-state index contributed by atoms with van der Waals surface area (Å²) in [5.74, 6) is -1.59. The molecule has 28 heavy (non-hydrogen) atoms. The summed E-state index contributed by atoms with van der Waals surface area (Å²) in [6, 6.07) is 5.09. The number of ketones is 1. The number of benzene rings is 1. The topological polar surface area (TPSA) is 104 Å². The van der Waals surface area contributed by atoms with Gasteiger partial charge in [0.05, 0.1) is 22.1 Å². The average Bonchev–Trinajstić information content (AvgIpc) is 2.85. The van der Waals surface area contributed by atoms with E-state index < -0.39 is 22.6 Å². The fourth-order valence-electron chi connectivity index (χ4n) is 3.42. The minimum atomic E-state index is -0.956. The van der Waals surface area contributed by atoms with Gasteiger partial charge in [-0.2, -0.15) is 0 Å². The first kappa shape index (κ1) is 21.6. The van der Waals surface area contributed by atoms with Gasteiger partial charge in [-0.15, -0.1) is 0 Å². The highest BCUT2D eigenvalue weighted by molar-refractivity contribution is 6.09. The zero-order valence-electron chi connectivity index (χ0n) is 16.7. The smallest absolute Gasteiger partial charge is 0.290 e. The zero-order valence-corrected chi connectivity index (χ0v) is 16.7. The monoisotopic (exact) mass is 389 g/mol. The minimum Gasteiger partial charge on any atom is -0.503 e. The zero-order chi connectivity index (χ0) is 21.0. The van der Waals surface area contributed by atoms with Crippen LogP contribution in [0, 0.1) is 16.0 Å². The van der Waals surface area contributed by atoms with Gasteiger partial charge in [-0.05, 0) is 39.0 Å². The van der Waals surface area contributed by atoms with Crippen LogP contribution in [-0.4, -0.2) is 58.7 Å². The summed E-state index contributed by atoms with van der Waals surface area (Å²) in [4.78, 5) is 39.9. The number of nitrogens with zero attached hydrogens (tertiary/aromatic N) is 3. The van der Waals surface area contributed by atoms with Crippen molar-refractivity contribution in [3.8, 4) is 0 Å². The molecule has 1 N–H and O–H groups in total. The van der Waals surface area contributed by atoms with Crippen molar-refractivity contribution in [1.82, 2.24) is 9.80 Å². The van der Waals surface area contributed by atoms with Gasteiger partial charge < -0.3 is 14.9 Å². The molecule has 152 valence electrons. The molecule has 0 saturated carbocycles. The van der Waals surface area contributed by atoms with Crippen LogP contribution in [0.15, 0.2) is 35.6 Å². The maximum atomic E-state index is 12.8. The molecule has 1 aromatic carbocycles. The summed E-state index contributed by atoms with van der Waals surface area (Å²) >= 11 is 0. The van der Waals surface area contributed by atoms with Crippen molar-refractivity contribution in [2.45, 2.75) is 32.7 Å². The highest BCUT2D eigenvalue weighted by Crippen LogP contribution is 2.41. The first-order chi connectivity index (χ1) is 13.1. The number of amides is 1. The predicted molar refractivity (Wildman–Crippen MR) is 105 cm³/mol. The molecule has 8 heteroatoms. The van der Waals surface area contributed by atoms with E-state index in [0.29, 0.717) is 13.0 Å². The van der Waals surface area contributed by atoms with Crippen LogP contribution in [0.2, 0.25) is 0 Å². The number of rotatable bonds is 9. The largest absolute Gasteiger partial charge is 0.503 e. The number of carbonyl (C=O) groups is 2. The number of carbonyl (C=O) groups excluding carboxylic acids is 2. The summed E-state index contributed by atoms with van der Waals surface area (Å²) in [5, 5.41) is 22.0. The lowest BCUT2D eigenvalue weighted by atomic mass is 9.91. The fourth-order valence-corrected chi connectivity index (χ4v) is 3.42. The van der Waals surface area contributed by atoms with E-state index in [1.165, 1.54) is 23.1 Å². The van der Waals surface area contributed by atoms with Gasteiger partial charge in [0.1, 0.15) is 0 Å². The summed E-state index contributed by atoms with van der Waals surface area (Å²) in [6.07, 6.45) is 0.754. The molecule has 1 atom stereocenters. The van der Waals surface area contributed by atoms with Gasteiger partial charge >= 0.3 is 0 Å². The summed E-state index contributed by atoms with van der Waals surface area (Å²) in [7, 11) is 3.80. The third-order valence-corrected chi connectivity index (χ3v) is 4.63. The van der Waals surface area contributed by atoms with Crippen LogP contribution in [0.25, 0.3) is 0 Å². The van der Waals surface area contributed by atoms with E-state index in [4.69, 9.17) is 0 Å². The lowest BCUT2D eigenvalue weighted by Crippen LogP contribution is -2.33. The molecule has 0 saturated heterocycles. The van der Waals surface area contributed by atoms with E-state index in [1.54, 1.807) is 6.07 Å². The SMILES string of the molecule is CC(C)CC(=O)C1=C(O)C(=O)N(CCCN(C)C)C1c1ccccc1[N+](=O)[O-]. The molecule has 0 spiro atoms. The highest BCUT2D eigenvalue weighted by atomic mass is 16.6. The van der Waals surface area contributed by atoms with Gasteiger partial charge in [-0.25, -0.2) is 0 Å². The number of Topliss-reactive ketones (excluding diaryl/α,β-unsaturated/α-hetero) is 1. The Morgan fingerprint density at radius 2 is 1.96 bits per heavy atom. The molecule has 2 rings (SSSR count). The number of nitro benzene ring substituents is 1. The molecular formula is C20H27N3O5. The fraction of sp³-hybridized carbons (Fsp3) is 0.500. The lowest BCUT2D eigenvalue weighted by molar-refractivity contribution is -0.385. The van der Waals surface area contributed by atoms with Gasteiger partial charge in [0, 0.05) is 19.0 Å². The Morgan fingerprint density at radius 3 is 2.54 bits per heavy atom. The van der Waals surface area contributed by atoms with Gasteiger partial charge in [-0.1, -0.05) is 26.0 Å². The third-order valence-electron chi connectivity index (χ3n) is 4.63. The molecule has 0 bridgehead atoms. The van der Waals surface area contributed by atoms with E-state index in [2.05, 4.69) is 0 Å². The molecule has 1 unspecified atom stereocenters. The second kappa shape index (κ2) is 8.97. The molecule has 0 fully saturated rings. The summed E-state index contributed by atoms with van der Waals surface area (Å²) in [6.45, 7) is 4.70. The van der Waals surface area contributed by atoms with Gasteiger partial charge in [0.2, 0.25) is 0 Å². The second-order valence-electron chi connectivity index (χ2n) is 7.66. The Bertz CT molecular complexity index is 801. The Morgan fingerprint density at radius 1 is 1.32 bits per heavy atom. The van der Waals surface area contributed by atoms with Crippen LogP contribution in [-0.2, 0) is 9.59 Å². The van der Waals surface area contributed by atoms with Crippen molar-refractivity contribution in [3.05, 3.63) is 51.3 Å². The van der Waals surface area contributed by atoms with Gasteiger partial charge in [0.25, 0.3) is 11.6 Å². The standard InChI is InChI=1S/C20H27N3O5/c1-13(2)12-16(24)17-18(14-8-5-6-9-15(14)23(27)28)22(20(26)19(17)25)11-7-10-21(3)4/h5-6,8-9,13,18,25H,7,10-12H2,1-4H3. The Balaban J connectivity index is 2.52. The molecule has 0 radical (unpaired) electrons. The molecule has 0 aliphatic carbocycles. The minimum absolute atomic E-state index is 0.0251.